The van der Waals surface area contributed by atoms with E-state index in [1.807, 2.05) is 42.1 Å². The second-order valence-corrected chi connectivity index (χ2v) is 9.51. The van der Waals surface area contributed by atoms with Crippen molar-refractivity contribution in [1.82, 2.24) is 19.4 Å². The second kappa shape index (κ2) is 8.16. The van der Waals surface area contributed by atoms with Gasteiger partial charge < -0.3 is 4.57 Å². The van der Waals surface area contributed by atoms with Crippen molar-refractivity contribution in [3.05, 3.63) is 84.1 Å². The highest BCUT2D eigenvalue weighted by molar-refractivity contribution is 6.16. The molecule has 184 valence electrons. The van der Waals surface area contributed by atoms with E-state index in [0.29, 0.717) is 49.2 Å². The Bertz CT molecular complexity index is 1470. The summed E-state index contributed by atoms with van der Waals surface area (Å²) < 4.78 is 42.4. The van der Waals surface area contributed by atoms with E-state index in [9.17, 15) is 18.0 Å². The number of carbonyl (C=O) groups excluding carboxylic acids is 1. The van der Waals surface area contributed by atoms with Crippen molar-refractivity contribution in [2.45, 2.75) is 31.0 Å². The minimum Gasteiger partial charge on any atom is -0.337 e. The van der Waals surface area contributed by atoms with Crippen LogP contribution in [0, 0.1) is 0 Å². The number of imidazole rings is 1. The van der Waals surface area contributed by atoms with Crippen molar-refractivity contribution in [3.63, 3.8) is 0 Å². The lowest BCUT2D eigenvalue weighted by Gasteiger charge is -2.38. The van der Waals surface area contributed by atoms with Crippen LogP contribution in [0.3, 0.4) is 0 Å². The largest absolute Gasteiger partial charge is 0.433 e. The number of anilines is 2. The maximum absolute atomic E-state index is 14.2. The van der Waals surface area contributed by atoms with Crippen LogP contribution in [-0.4, -0.2) is 38.4 Å². The first-order chi connectivity index (χ1) is 17.3. The minimum atomic E-state index is -4.57. The highest BCUT2D eigenvalue weighted by atomic mass is 19.4. The van der Waals surface area contributed by atoms with Crippen molar-refractivity contribution in [3.8, 4) is 0 Å². The Balaban J connectivity index is 1.39. The van der Waals surface area contributed by atoms with Crippen LogP contribution >= 0.6 is 0 Å². The summed E-state index contributed by atoms with van der Waals surface area (Å²) in [6.45, 7) is 2.13. The third-order valence-corrected chi connectivity index (χ3v) is 7.50. The third-order valence-electron chi connectivity index (χ3n) is 7.50. The van der Waals surface area contributed by atoms with Crippen LogP contribution in [-0.2, 0) is 30.0 Å². The topological polar surface area (TPSA) is 54.3 Å². The summed E-state index contributed by atoms with van der Waals surface area (Å²) in [6, 6.07) is 15.1. The van der Waals surface area contributed by atoms with E-state index in [4.69, 9.17) is 0 Å². The van der Waals surface area contributed by atoms with Crippen LogP contribution in [0.25, 0.3) is 10.9 Å². The molecule has 0 aliphatic carbocycles. The lowest BCUT2D eigenvalue weighted by atomic mass is 9.73. The molecular weight excluding hydrogens is 467 g/mol. The number of alkyl halides is 3. The molecule has 1 fully saturated rings. The summed E-state index contributed by atoms with van der Waals surface area (Å²) in [5.74, 6) is 0.861. The summed E-state index contributed by atoms with van der Waals surface area (Å²) >= 11 is 0. The molecule has 1 amide bonds. The number of aromatic nitrogens is 3. The molecule has 2 aromatic carbocycles. The van der Waals surface area contributed by atoms with Gasteiger partial charge in [0, 0.05) is 24.8 Å². The maximum Gasteiger partial charge on any atom is 0.433 e. The van der Waals surface area contributed by atoms with Crippen molar-refractivity contribution in [2.75, 3.05) is 18.0 Å². The Morgan fingerprint density at radius 1 is 0.972 bits per heavy atom. The molecule has 2 aliphatic rings. The Morgan fingerprint density at radius 3 is 2.44 bits per heavy atom. The van der Waals surface area contributed by atoms with Gasteiger partial charge in [0.25, 0.3) is 0 Å². The van der Waals surface area contributed by atoms with Crippen molar-refractivity contribution < 1.29 is 18.0 Å². The van der Waals surface area contributed by atoms with Crippen molar-refractivity contribution >= 4 is 28.2 Å². The maximum atomic E-state index is 14.2. The van der Waals surface area contributed by atoms with Gasteiger partial charge in [0.1, 0.15) is 11.5 Å². The van der Waals surface area contributed by atoms with Crippen LogP contribution in [0.5, 0.6) is 0 Å². The second-order valence-electron chi connectivity index (χ2n) is 9.51. The molecular formula is C27H24F3N5O. The number of amides is 1. The van der Waals surface area contributed by atoms with Crippen molar-refractivity contribution in [2.24, 2.45) is 7.05 Å². The van der Waals surface area contributed by atoms with Crippen LogP contribution in [0.1, 0.15) is 29.9 Å². The number of pyridine rings is 1. The number of hydrogen-bond acceptors (Lipinski definition) is 4. The first-order valence-electron chi connectivity index (χ1n) is 11.9. The standard InChI is InChI=1S/C27H24F3N5O/c1-33-16-13-31-23(33)17-34-14-11-26(12-15-34)19-6-2-3-7-20(19)35(25(26)36)21-8-4-5-18-9-10-22(27(28,29)30)32-24(18)21/h2-10,13,16H,11-12,14-15,17H2,1H3. The van der Waals surface area contributed by atoms with Gasteiger partial charge >= 0.3 is 6.18 Å². The predicted molar refractivity (Wildman–Crippen MR) is 130 cm³/mol. The van der Waals surface area contributed by atoms with Gasteiger partial charge in [-0.3, -0.25) is 14.6 Å². The van der Waals surface area contributed by atoms with E-state index < -0.39 is 17.3 Å². The first-order valence-corrected chi connectivity index (χ1v) is 11.9. The van der Waals surface area contributed by atoms with E-state index in [1.165, 1.54) is 6.07 Å². The molecule has 0 unspecified atom stereocenters. The Labute approximate surface area is 206 Å². The molecule has 4 heterocycles. The van der Waals surface area contributed by atoms with Crippen molar-refractivity contribution in [1.29, 1.82) is 0 Å². The van der Waals surface area contributed by atoms with Gasteiger partial charge in [-0.25, -0.2) is 9.97 Å². The fourth-order valence-corrected chi connectivity index (χ4v) is 5.55. The van der Waals surface area contributed by atoms with Gasteiger partial charge in [0.2, 0.25) is 5.91 Å². The lowest BCUT2D eigenvalue weighted by Crippen LogP contribution is -2.47. The van der Waals surface area contributed by atoms with E-state index in [0.717, 1.165) is 17.5 Å². The average Bonchev–Trinajstić information content (AvgIpc) is 3.38. The summed E-state index contributed by atoms with van der Waals surface area (Å²) in [5.41, 5.74) is 0.489. The Kier molecular flexibility index (Phi) is 5.15. The third kappa shape index (κ3) is 3.49. The molecule has 6 rings (SSSR count). The molecule has 2 aromatic heterocycles. The number of piperidine rings is 1. The molecule has 0 bridgehead atoms. The molecule has 1 spiro atoms. The van der Waals surface area contributed by atoms with Gasteiger partial charge in [-0.1, -0.05) is 36.4 Å². The summed E-state index contributed by atoms with van der Waals surface area (Å²) in [5, 5.41) is 0.552. The molecule has 6 nitrogen and oxygen atoms in total. The zero-order valence-corrected chi connectivity index (χ0v) is 19.7. The number of para-hydroxylation sites is 2. The quantitative estimate of drug-likeness (QED) is 0.395. The fraction of sp³-hybridized carbons (Fsp3) is 0.296. The van der Waals surface area contributed by atoms with Gasteiger partial charge in [0.05, 0.1) is 28.9 Å². The molecule has 4 aromatic rings. The zero-order chi connectivity index (χ0) is 25.1. The lowest BCUT2D eigenvalue weighted by molar-refractivity contribution is -0.140. The number of hydrogen-bond donors (Lipinski definition) is 0. The number of nitrogens with zero attached hydrogens (tertiary/aromatic N) is 5. The summed E-state index contributed by atoms with van der Waals surface area (Å²) in [6.07, 6.45) is 0.358. The molecule has 0 radical (unpaired) electrons. The molecule has 0 atom stereocenters. The highest BCUT2D eigenvalue weighted by Gasteiger charge is 2.52. The van der Waals surface area contributed by atoms with Gasteiger partial charge in [-0.2, -0.15) is 13.2 Å². The van der Waals surface area contributed by atoms with Crippen LogP contribution in [0.15, 0.2) is 67.0 Å². The van der Waals surface area contributed by atoms with Crippen LogP contribution < -0.4 is 4.90 Å². The fourth-order valence-electron chi connectivity index (χ4n) is 5.55. The monoisotopic (exact) mass is 491 g/mol. The molecule has 36 heavy (non-hydrogen) atoms. The number of rotatable bonds is 3. The number of fused-ring (bicyclic) bond motifs is 3. The van der Waals surface area contributed by atoms with Gasteiger partial charge in [-0.15, -0.1) is 0 Å². The predicted octanol–water partition coefficient (Wildman–Crippen LogP) is 5.20. The summed E-state index contributed by atoms with van der Waals surface area (Å²) in [7, 11) is 1.96. The van der Waals surface area contributed by atoms with Crippen LogP contribution in [0.4, 0.5) is 24.5 Å². The molecule has 2 aliphatic heterocycles. The SMILES string of the molecule is Cn1ccnc1CN1CCC2(CC1)C(=O)N(c1cccc3ccc(C(F)(F)F)nc13)c1ccccc12. The normalized spacial score (nSPS) is 17.8. The minimum absolute atomic E-state index is 0.105. The van der Waals surface area contributed by atoms with E-state index in [1.54, 1.807) is 29.3 Å². The molecule has 0 saturated carbocycles. The smallest absolute Gasteiger partial charge is 0.337 e. The van der Waals surface area contributed by atoms with E-state index in [2.05, 4.69) is 14.9 Å². The highest BCUT2D eigenvalue weighted by Crippen LogP contribution is 2.51. The van der Waals surface area contributed by atoms with Gasteiger partial charge in [-0.05, 0) is 49.7 Å². The average molecular weight is 492 g/mol. The zero-order valence-electron chi connectivity index (χ0n) is 19.7. The molecule has 1 saturated heterocycles. The summed E-state index contributed by atoms with van der Waals surface area (Å²) in [4.78, 5) is 26.4. The Morgan fingerprint density at radius 2 is 1.72 bits per heavy atom. The molecule has 9 heteroatoms. The van der Waals surface area contributed by atoms with Gasteiger partial charge in [0.15, 0.2) is 0 Å². The van der Waals surface area contributed by atoms with E-state index >= 15 is 0 Å². The first kappa shape index (κ1) is 22.7. The number of aryl methyl sites for hydroxylation is 1. The Hall–Kier alpha value is -3.72. The number of likely N-dealkylation sites (tertiary alicyclic amines) is 1. The number of halogens is 3. The number of benzene rings is 2. The number of carbonyl (C=O) groups is 1. The van der Waals surface area contributed by atoms with E-state index in [-0.39, 0.29) is 11.4 Å². The molecule has 0 N–H and O–H groups in total. The van der Waals surface area contributed by atoms with Crippen LogP contribution in [0.2, 0.25) is 0 Å².